The summed E-state index contributed by atoms with van der Waals surface area (Å²) < 4.78 is 5.35. The number of amides is 1. The lowest BCUT2D eigenvalue weighted by atomic mass is 9.87. The first-order valence-electron chi connectivity index (χ1n) is 8.47. The number of aryl methyl sites for hydroxylation is 1. The molecule has 0 fully saturated rings. The van der Waals surface area contributed by atoms with Gasteiger partial charge in [0.1, 0.15) is 11.1 Å². The molecule has 2 N–H and O–H groups in total. The first kappa shape index (κ1) is 20.4. The number of hydrogen-bond acceptors (Lipinski definition) is 3. The van der Waals surface area contributed by atoms with Crippen LogP contribution in [0.3, 0.4) is 0 Å². The molecule has 1 rings (SSSR count). The van der Waals surface area contributed by atoms with E-state index in [2.05, 4.69) is 12.2 Å². The molecular formula is C19H29NO3S. The van der Waals surface area contributed by atoms with E-state index in [1.807, 2.05) is 51.1 Å². The molecule has 24 heavy (non-hydrogen) atoms. The third-order valence-electron chi connectivity index (χ3n) is 3.79. The summed E-state index contributed by atoms with van der Waals surface area (Å²) in [5.41, 5.74) is -0.402. The van der Waals surface area contributed by atoms with Crippen molar-refractivity contribution in [2.45, 2.75) is 70.9 Å². The van der Waals surface area contributed by atoms with Gasteiger partial charge in [0.15, 0.2) is 5.05 Å². The first-order chi connectivity index (χ1) is 11.2. The number of nitrogens with one attached hydrogen (secondary N) is 1. The van der Waals surface area contributed by atoms with E-state index in [9.17, 15) is 9.90 Å². The molecule has 134 valence electrons. The molecule has 1 amide bonds. The number of ether oxygens (including phenoxy) is 1. The molecule has 5 heteroatoms. The summed E-state index contributed by atoms with van der Waals surface area (Å²) in [6.45, 7) is 7.49. The van der Waals surface area contributed by atoms with Crippen molar-refractivity contribution >= 4 is 23.4 Å². The minimum Gasteiger partial charge on any atom is -0.500 e. The maximum Gasteiger partial charge on any atom is 0.408 e. The van der Waals surface area contributed by atoms with Gasteiger partial charge in [-0.3, -0.25) is 0 Å². The van der Waals surface area contributed by atoms with Crippen molar-refractivity contribution < 1.29 is 14.6 Å². The van der Waals surface area contributed by atoms with Gasteiger partial charge >= 0.3 is 6.09 Å². The molecule has 0 aliphatic rings. The number of aliphatic hydroxyl groups is 1. The highest BCUT2D eigenvalue weighted by Gasteiger charge is 2.37. The smallest absolute Gasteiger partial charge is 0.408 e. The lowest BCUT2D eigenvalue weighted by Crippen LogP contribution is -2.55. The summed E-state index contributed by atoms with van der Waals surface area (Å²) in [6, 6.07) is 9.96. The maximum atomic E-state index is 12.2. The number of aliphatic hydroxyl groups excluding tert-OH is 1. The summed E-state index contributed by atoms with van der Waals surface area (Å²) >= 11 is 5.10. The van der Waals surface area contributed by atoms with Gasteiger partial charge in [0, 0.05) is 0 Å². The molecule has 0 saturated heterocycles. The van der Waals surface area contributed by atoms with Crippen LogP contribution in [0.4, 0.5) is 4.79 Å². The summed E-state index contributed by atoms with van der Waals surface area (Å²) in [7, 11) is 0. The summed E-state index contributed by atoms with van der Waals surface area (Å²) in [6.07, 6.45) is 3.08. The van der Waals surface area contributed by atoms with E-state index in [1.165, 1.54) is 0 Å². The number of rotatable bonds is 8. The van der Waals surface area contributed by atoms with Gasteiger partial charge in [-0.25, -0.2) is 4.79 Å². The molecule has 1 atom stereocenters. The number of hydrogen-bond donors (Lipinski definition) is 2. The van der Waals surface area contributed by atoms with E-state index in [4.69, 9.17) is 17.0 Å². The zero-order chi connectivity index (χ0) is 18.2. The van der Waals surface area contributed by atoms with Gasteiger partial charge in [-0.15, -0.1) is 0 Å². The van der Waals surface area contributed by atoms with Crippen LogP contribution in [0.1, 0.15) is 58.9 Å². The molecule has 4 nitrogen and oxygen atoms in total. The van der Waals surface area contributed by atoms with Crippen molar-refractivity contribution in [1.82, 2.24) is 5.32 Å². The third kappa shape index (κ3) is 6.87. The van der Waals surface area contributed by atoms with Gasteiger partial charge in [0.05, 0.1) is 0 Å². The van der Waals surface area contributed by atoms with Crippen LogP contribution in [0.2, 0.25) is 0 Å². The van der Waals surface area contributed by atoms with Crippen LogP contribution in [0.25, 0.3) is 0 Å². The van der Waals surface area contributed by atoms with Gasteiger partial charge in [0.25, 0.3) is 0 Å². The monoisotopic (exact) mass is 351 g/mol. The predicted molar refractivity (Wildman–Crippen MR) is 102 cm³/mol. The van der Waals surface area contributed by atoms with Crippen LogP contribution >= 0.6 is 12.2 Å². The number of carbonyl (C=O) groups is 1. The van der Waals surface area contributed by atoms with Crippen LogP contribution in [0.15, 0.2) is 30.3 Å². The molecule has 0 spiro atoms. The average Bonchev–Trinajstić information content (AvgIpc) is 2.49. The van der Waals surface area contributed by atoms with E-state index in [-0.39, 0.29) is 5.05 Å². The van der Waals surface area contributed by atoms with E-state index in [1.54, 1.807) is 0 Å². The Kier molecular flexibility index (Phi) is 7.67. The summed E-state index contributed by atoms with van der Waals surface area (Å²) in [5, 5.41) is 12.8. The van der Waals surface area contributed by atoms with E-state index >= 15 is 0 Å². The fourth-order valence-electron chi connectivity index (χ4n) is 2.50. The zero-order valence-corrected chi connectivity index (χ0v) is 15.9. The first-order valence-corrected chi connectivity index (χ1v) is 8.88. The fourth-order valence-corrected chi connectivity index (χ4v) is 2.75. The maximum absolute atomic E-state index is 12.2. The largest absolute Gasteiger partial charge is 0.500 e. The Morgan fingerprint density at radius 2 is 1.83 bits per heavy atom. The molecule has 0 aliphatic carbocycles. The predicted octanol–water partition coefficient (Wildman–Crippen LogP) is 4.96. The number of unbranched alkanes of at least 4 members (excludes halogenated alkanes) is 1. The van der Waals surface area contributed by atoms with Gasteiger partial charge in [-0.2, -0.15) is 0 Å². The summed E-state index contributed by atoms with van der Waals surface area (Å²) in [5.74, 6) is 0. The van der Waals surface area contributed by atoms with Crippen LogP contribution < -0.4 is 5.32 Å². The van der Waals surface area contributed by atoms with Gasteiger partial charge in [0.2, 0.25) is 0 Å². The molecule has 1 aromatic rings. The molecule has 0 aromatic heterocycles. The standard InChI is InChI=1S/C19H29NO3S/c1-5-6-13-19(16(21)24,20-17(22)23-18(2,3)4)14-12-15-10-8-7-9-11-15/h7-11H,5-6,12-14H2,1-4H3,(H,20,22)(H,21,24). The highest BCUT2D eigenvalue weighted by Crippen LogP contribution is 2.24. The van der Waals surface area contributed by atoms with E-state index in [0.717, 1.165) is 18.4 Å². The topological polar surface area (TPSA) is 58.6 Å². The summed E-state index contributed by atoms with van der Waals surface area (Å²) in [4.78, 5) is 12.2. The van der Waals surface area contributed by atoms with Crippen LogP contribution in [0, 0.1) is 0 Å². The zero-order valence-electron chi connectivity index (χ0n) is 15.1. The molecule has 0 saturated carbocycles. The molecule has 1 unspecified atom stereocenters. The lowest BCUT2D eigenvalue weighted by molar-refractivity contribution is 0.0470. The van der Waals surface area contributed by atoms with Crippen LogP contribution in [-0.2, 0) is 11.2 Å². The molecular weight excluding hydrogens is 322 g/mol. The van der Waals surface area contributed by atoms with Gasteiger partial charge < -0.3 is 15.2 Å². The Morgan fingerprint density at radius 3 is 2.33 bits per heavy atom. The van der Waals surface area contributed by atoms with E-state index < -0.39 is 17.2 Å². The Hall–Kier alpha value is -1.62. The Morgan fingerprint density at radius 1 is 1.21 bits per heavy atom. The number of carbonyl (C=O) groups excluding carboxylic acids is 1. The van der Waals surface area contributed by atoms with Crippen LogP contribution in [0.5, 0.6) is 0 Å². The Labute approximate surface area is 150 Å². The van der Waals surface area contributed by atoms with E-state index in [0.29, 0.717) is 19.3 Å². The van der Waals surface area contributed by atoms with Crippen molar-refractivity contribution in [3.8, 4) is 0 Å². The quantitative estimate of drug-likeness (QED) is 0.650. The minimum atomic E-state index is -0.941. The van der Waals surface area contributed by atoms with Gasteiger partial charge in [-0.05, 0) is 57.8 Å². The molecule has 0 heterocycles. The number of thiocarbonyl (C=S) groups is 1. The molecule has 1 aromatic carbocycles. The highest BCUT2D eigenvalue weighted by molar-refractivity contribution is 7.80. The molecule has 0 radical (unpaired) electrons. The Bertz CT molecular complexity index is 539. The fraction of sp³-hybridized carbons (Fsp3) is 0.579. The van der Waals surface area contributed by atoms with Crippen molar-refractivity contribution in [2.75, 3.05) is 0 Å². The van der Waals surface area contributed by atoms with Crippen molar-refractivity contribution in [3.05, 3.63) is 35.9 Å². The molecule has 0 aliphatic heterocycles. The average molecular weight is 352 g/mol. The molecule has 0 bridgehead atoms. The second-order valence-corrected chi connectivity index (χ2v) is 7.49. The normalized spacial score (nSPS) is 13.8. The SMILES string of the molecule is CCCCC(CCc1ccccc1)(NC(=O)OC(C)(C)C)C(O)=S. The second kappa shape index (κ2) is 9.02. The van der Waals surface area contributed by atoms with Gasteiger partial charge in [-0.1, -0.05) is 50.1 Å². The second-order valence-electron chi connectivity index (χ2n) is 7.10. The minimum absolute atomic E-state index is 0.183. The number of alkyl carbamates (subject to hydrolysis) is 1. The third-order valence-corrected chi connectivity index (χ3v) is 4.18. The lowest BCUT2D eigenvalue weighted by Gasteiger charge is -2.34. The highest BCUT2D eigenvalue weighted by atomic mass is 32.1. The van der Waals surface area contributed by atoms with Crippen molar-refractivity contribution in [1.29, 1.82) is 0 Å². The Balaban J connectivity index is 2.91. The number of benzene rings is 1. The van der Waals surface area contributed by atoms with Crippen molar-refractivity contribution in [3.63, 3.8) is 0 Å². The van der Waals surface area contributed by atoms with Crippen LogP contribution in [-0.4, -0.2) is 27.4 Å². The van der Waals surface area contributed by atoms with Crippen molar-refractivity contribution in [2.24, 2.45) is 0 Å².